The summed E-state index contributed by atoms with van der Waals surface area (Å²) in [5.74, 6) is 0.574. The molecule has 90 valence electrons. The predicted octanol–water partition coefficient (Wildman–Crippen LogP) is 2.32. The topological polar surface area (TPSA) is 98.3 Å². The number of nitro groups is 2. The number of non-ortho nitro benzene ring substituents is 1. The van der Waals surface area contributed by atoms with E-state index in [0.717, 1.165) is 18.9 Å². The fraction of sp³-hybridized carbons (Fsp3) is 0.400. The molecular weight excluding hydrogens is 226 g/mol. The van der Waals surface area contributed by atoms with Crippen molar-refractivity contribution in [1.29, 1.82) is 0 Å². The van der Waals surface area contributed by atoms with E-state index < -0.39 is 9.85 Å². The van der Waals surface area contributed by atoms with Crippen LogP contribution in [0.1, 0.15) is 12.8 Å². The van der Waals surface area contributed by atoms with E-state index in [2.05, 4.69) is 5.32 Å². The first-order valence-electron chi connectivity index (χ1n) is 5.24. The molecule has 1 aromatic carbocycles. The van der Waals surface area contributed by atoms with Crippen molar-refractivity contribution in [2.24, 2.45) is 5.92 Å². The lowest BCUT2D eigenvalue weighted by atomic mass is 10.2. The molecular formula is C10H11N3O4. The molecule has 1 fully saturated rings. The zero-order valence-electron chi connectivity index (χ0n) is 8.96. The summed E-state index contributed by atoms with van der Waals surface area (Å²) < 4.78 is 0. The highest BCUT2D eigenvalue weighted by atomic mass is 16.6. The van der Waals surface area contributed by atoms with Crippen molar-refractivity contribution < 1.29 is 9.85 Å². The molecule has 7 heteroatoms. The van der Waals surface area contributed by atoms with Gasteiger partial charge in [0.15, 0.2) is 0 Å². The highest BCUT2D eigenvalue weighted by Gasteiger charge is 2.23. The summed E-state index contributed by atoms with van der Waals surface area (Å²) in [6.45, 7) is 0.679. The van der Waals surface area contributed by atoms with Crippen molar-refractivity contribution in [2.75, 3.05) is 11.9 Å². The first kappa shape index (κ1) is 11.3. The molecule has 0 heterocycles. The average molecular weight is 237 g/mol. The quantitative estimate of drug-likeness (QED) is 0.625. The summed E-state index contributed by atoms with van der Waals surface area (Å²) in [6.07, 6.45) is 2.27. The Labute approximate surface area is 96.7 Å². The van der Waals surface area contributed by atoms with Crippen LogP contribution in [0.25, 0.3) is 0 Å². The minimum atomic E-state index is -0.641. The Morgan fingerprint density at radius 1 is 1.24 bits per heavy atom. The van der Waals surface area contributed by atoms with Crippen LogP contribution < -0.4 is 5.32 Å². The van der Waals surface area contributed by atoms with Crippen LogP contribution in [0.3, 0.4) is 0 Å². The normalized spacial score (nSPS) is 14.4. The molecule has 1 saturated carbocycles. The van der Waals surface area contributed by atoms with Gasteiger partial charge in [0.05, 0.1) is 15.9 Å². The van der Waals surface area contributed by atoms with Crippen molar-refractivity contribution in [3.05, 3.63) is 38.4 Å². The monoisotopic (exact) mass is 237 g/mol. The molecule has 1 aromatic rings. The Morgan fingerprint density at radius 3 is 2.47 bits per heavy atom. The van der Waals surface area contributed by atoms with Gasteiger partial charge in [0.25, 0.3) is 11.4 Å². The maximum Gasteiger partial charge on any atom is 0.299 e. The highest BCUT2D eigenvalue weighted by molar-refractivity contribution is 5.65. The zero-order valence-corrected chi connectivity index (χ0v) is 8.96. The molecule has 0 aliphatic heterocycles. The number of nitro benzene ring substituents is 2. The Morgan fingerprint density at radius 2 is 1.94 bits per heavy atom. The van der Waals surface area contributed by atoms with E-state index in [4.69, 9.17) is 0 Å². The summed E-state index contributed by atoms with van der Waals surface area (Å²) in [4.78, 5) is 20.1. The molecule has 0 bridgehead atoms. The van der Waals surface area contributed by atoms with Crippen LogP contribution in [0.2, 0.25) is 0 Å². The number of nitrogens with one attached hydrogen (secondary N) is 1. The second-order valence-corrected chi connectivity index (χ2v) is 4.04. The van der Waals surface area contributed by atoms with Gasteiger partial charge in [-0.15, -0.1) is 0 Å². The first-order valence-corrected chi connectivity index (χ1v) is 5.24. The number of benzene rings is 1. The second-order valence-electron chi connectivity index (χ2n) is 4.04. The SMILES string of the molecule is O=[N+]([O-])c1ccc(NCC2CC2)c([N+](=O)[O-])c1. The third-order valence-electron chi connectivity index (χ3n) is 2.67. The molecule has 17 heavy (non-hydrogen) atoms. The molecule has 0 saturated heterocycles. The summed E-state index contributed by atoms with van der Waals surface area (Å²) >= 11 is 0. The molecule has 0 atom stereocenters. The van der Waals surface area contributed by atoms with E-state index in [1.165, 1.54) is 12.1 Å². The molecule has 7 nitrogen and oxygen atoms in total. The first-order chi connectivity index (χ1) is 8.08. The molecule has 0 spiro atoms. The molecule has 0 radical (unpaired) electrons. The standard InChI is InChI=1S/C10H11N3O4/c14-12(15)8-3-4-9(10(5-8)13(16)17)11-6-7-1-2-7/h3-5,7,11H,1-2,6H2. The van der Waals surface area contributed by atoms with Gasteiger partial charge >= 0.3 is 0 Å². The van der Waals surface area contributed by atoms with Gasteiger partial charge in [-0.1, -0.05) is 0 Å². The van der Waals surface area contributed by atoms with Gasteiger partial charge in [-0.05, 0) is 24.8 Å². The third-order valence-corrected chi connectivity index (χ3v) is 2.67. The lowest BCUT2D eigenvalue weighted by Gasteiger charge is -2.05. The summed E-state index contributed by atoms with van der Waals surface area (Å²) in [6, 6.07) is 3.64. The van der Waals surface area contributed by atoms with Crippen molar-refractivity contribution in [3.63, 3.8) is 0 Å². The molecule has 0 aromatic heterocycles. The van der Waals surface area contributed by atoms with Crippen molar-refractivity contribution in [2.45, 2.75) is 12.8 Å². The molecule has 2 rings (SSSR count). The molecule has 0 amide bonds. The Balaban J connectivity index is 2.23. The van der Waals surface area contributed by atoms with Gasteiger partial charge in [-0.3, -0.25) is 20.2 Å². The van der Waals surface area contributed by atoms with Crippen molar-refractivity contribution in [3.8, 4) is 0 Å². The Kier molecular flexibility index (Phi) is 2.90. The van der Waals surface area contributed by atoms with E-state index in [-0.39, 0.29) is 11.4 Å². The fourth-order valence-corrected chi connectivity index (χ4v) is 1.51. The van der Waals surface area contributed by atoms with Gasteiger partial charge in [0.1, 0.15) is 5.69 Å². The van der Waals surface area contributed by atoms with E-state index in [1.54, 1.807) is 0 Å². The largest absolute Gasteiger partial charge is 0.379 e. The number of rotatable bonds is 5. The van der Waals surface area contributed by atoms with Crippen LogP contribution in [0.15, 0.2) is 18.2 Å². The molecule has 1 N–H and O–H groups in total. The van der Waals surface area contributed by atoms with E-state index in [9.17, 15) is 20.2 Å². The smallest absolute Gasteiger partial charge is 0.299 e. The van der Waals surface area contributed by atoms with Crippen LogP contribution in [0.4, 0.5) is 17.1 Å². The number of hydrogen-bond acceptors (Lipinski definition) is 5. The minimum Gasteiger partial charge on any atom is -0.379 e. The van der Waals surface area contributed by atoms with Gasteiger partial charge < -0.3 is 5.32 Å². The van der Waals surface area contributed by atoms with Gasteiger partial charge in [-0.2, -0.15) is 0 Å². The van der Waals surface area contributed by atoms with E-state index in [0.29, 0.717) is 18.2 Å². The maximum atomic E-state index is 10.8. The zero-order chi connectivity index (χ0) is 12.4. The molecule has 1 aliphatic rings. The summed E-state index contributed by atoms with van der Waals surface area (Å²) in [7, 11) is 0. The lowest BCUT2D eigenvalue weighted by molar-refractivity contribution is -0.393. The van der Waals surface area contributed by atoms with Crippen LogP contribution in [-0.4, -0.2) is 16.4 Å². The number of nitrogens with zero attached hydrogens (tertiary/aromatic N) is 2. The van der Waals surface area contributed by atoms with Gasteiger partial charge in [-0.25, -0.2) is 0 Å². The van der Waals surface area contributed by atoms with Gasteiger partial charge in [0.2, 0.25) is 0 Å². The average Bonchev–Trinajstić information content (AvgIpc) is 3.09. The lowest BCUT2D eigenvalue weighted by Crippen LogP contribution is -2.06. The fourth-order valence-electron chi connectivity index (χ4n) is 1.51. The number of hydrogen-bond donors (Lipinski definition) is 1. The van der Waals surface area contributed by atoms with Crippen LogP contribution in [-0.2, 0) is 0 Å². The summed E-state index contributed by atoms with van der Waals surface area (Å²) in [5.41, 5.74) is -0.180. The van der Waals surface area contributed by atoms with Crippen molar-refractivity contribution >= 4 is 17.1 Å². The van der Waals surface area contributed by atoms with Gasteiger partial charge in [0, 0.05) is 12.6 Å². The number of anilines is 1. The van der Waals surface area contributed by atoms with E-state index >= 15 is 0 Å². The van der Waals surface area contributed by atoms with Crippen LogP contribution in [0.5, 0.6) is 0 Å². The predicted molar refractivity (Wildman–Crippen MR) is 61.0 cm³/mol. The molecule has 1 aliphatic carbocycles. The Hall–Kier alpha value is -2.18. The minimum absolute atomic E-state index is 0.250. The maximum absolute atomic E-state index is 10.8. The summed E-state index contributed by atoms with van der Waals surface area (Å²) in [5, 5.41) is 24.3. The van der Waals surface area contributed by atoms with Crippen LogP contribution in [0, 0.1) is 26.1 Å². The second kappa shape index (κ2) is 4.36. The van der Waals surface area contributed by atoms with Crippen LogP contribution >= 0.6 is 0 Å². The highest BCUT2D eigenvalue weighted by Crippen LogP contribution is 2.32. The van der Waals surface area contributed by atoms with E-state index in [1.807, 2.05) is 0 Å². The third kappa shape index (κ3) is 2.68. The Bertz CT molecular complexity index is 471. The van der Waals surface area contributed by atoms with Crippen molar-refractivity contribution in [1.82, 2.24) is 0 Å². The molecule has 0 unspecified atom stereocenters.